The van der Waals surface area contributed by atoms with Gasteiger partial charge in [0.25, 0.3) is 0 Å². The van der Waals surface area contributed by atoms with Gasteiger partial charge in [0, 0.05) is 12.0 Å². The monoisotopic (exact) mass is 306 g/mol. The highest BCUT2D eigenvalue weighted by atomic mass is 16.1. The van der Waals surface area contributed by atoms with Crippen LogP contribution in [-0.2, 0) is 6.42 Å². The predicted octanol–water partition coefficient (Wildman–Crippen LogP) is 1.77. The van der Waals surface area contributed by atoms with Crippen LogP contribution < -0.4 is 5.73 Å². The van der Waals surface area contributed by atoms with Gasteiger partial charge in [-0.15, -0.1) is 5.10 Å². The van der Waals surface area contributed by atoms with Gasteiger partial charge < -0.3 is 5.73 Å². The van der Waals surface area contributed by atoms with Gasteiger partial charge in [0.15, 0.2) is 6.29 Å². The number of rotatable bonds is 5. The lowest BCUT2D eigenvalue weighted by molar-refractivity contribution is 0.1000. The van der Waals surface area contributed by atoms with E-state index < -0.39 is 5.91 Å². The third kappa shape index (κ3) is 3.01. The van der Waals surface area contributed by atoms with Crippen LogP contribution in [0.4, 0.5) is 0 Å². The van der Waals surface area contributed by atoms with Crippen LogP contribution in [0.15, 0.2) is 54.6 Å². The molecule has 0 aliphatic carbocycles. The molecule has 1 aromatic heterocycles. The minimum atomic E-state index is -0.492. The van der Waals surface area contributed by atoms with Gasteiger partial charge in [-0.25, -0.2) is 4.68 Å². The molecule has 0 spiro atoms. The SMILES string of the molecule is NC(=O)c1ccc(-n2nnc(C=O)c2Cc2ccccc2)cc1. The van der Waals surface area contributed by atoms with Crippen LogP contribution in [0.25, 0.3) is 5.69 Å². The molecule has 0 bridgehead atoms. The third-order valence-electron chi connectivity index (χ3n) is 3.52. The van der Waals surface area contributed by atoms with Gasteiger partial charge in [-0.2, -0.15) is 0 Å². The van der Waals surface area contributed by atoms with E-state index in [4.69, 9.17) is 5.73 Å². The number of primary amides is 1. The Morgan fingerprint density at radius 2 is 1.78 bits per heavy atom. The molecule has 1 heterocycles. The molecule has 0 saturated heterocycles. The Bertz CT molecular complexity index is 839. The van der Waals surface area contributed by atoms with Gasteiger partial charge in [-0.1, -0.05) is 35.5 Å². The van der Waals surface area contributed by atoms with Crippen molar-refractivity contribution in [2.45, 2.75) is 6.42 Å². The summed E-state index contributed by atoms with van der Waals surface area (Å²) in [6.07, 6.45) is 1.22. The summed E-state index contributed by atoms with van der Waals surface area (Å²) in [6.45, 7) is 0. The van der Waals surface area contributed by atoms with E-state index in [0.717, 1.165) is 5.56 Å². The van der Waals surface area contributed by atoms with Crippen LogP contribution >= 0.6 is 0 Å². The van der Waals surface area contributed by atoms with Crippen molar-refractivity contribution >= 4 is 12.2 Å². The zero-order chi connectivity index (χ0) is 16.2. The Morgan fingerprint density at radius 3 is 2.39 bits per heavy atom. The number of amides is 1. The number of nitrogens with two attached hydrogens (primary N) is 1. The molecule has 0 unspecified atom stereocenters. The Labute approximate surface area is 132 Å². The molecule has 0 aliphatic heterocycles. The maximum Gasteiger partial charge on any atom is 0.248 e. The number of nitrogens with zero attached hydrogens (tertiary/aromatic N) is 3. The van der Waals surface area contributed by atoms with Crippen molar-refractivity contribution in [1.29, 1.82) is 0 Å². The molecule has 0 atom stereocenters. The van der Waals surface area contributed by atoms with E-state index in [0.29, 0.717) is 35.3 Å². The van der Waals surface area contributed by atoms with Crippen LogP contribution in [0.3, 0.4) is 0 Å². The molecule has 2 N–H and O–H groups in total. The Morgan fingerprint density at radius 1 is 1.09 bits per heavy atom. The molecule has 2 aromatic carbocycles. The number of carbonyl (C=O) groups excluding carboxylic acids is 2. The summed E-state index contributed by atoms with van der Waals surface area (Å²) in [6, 6.07) is 16.4. The van der Waals surface area contributed by atoms with Crippen molar-refractivity contribution in [1.82, 2.24) is 15.0 Å². The normalized spacial score (nSPS) is 10.4. The molecule has 6 nitrogen and oxygen atoms in total. The second-order valence-corrected chi connectivity index (χ2v) is 5.02. The van der Waals surface area contributed by atoms with Crippen LogP contribution in [-0.4, -0.2) is 27.2 Å². The second-order valence-electron chi connectivity index (χ2n) is 5.02. The summed E-state index contributed by atoms with van der Waals surface area (Å²) in [7, 11) is 0. The van der Waals surface area contributed by atoms with E-state index in [2.05, 4.69) is 10.3 Å². The van der Waals surface area contributed by atoms with Crippen molar-refractivity contribution < 1.29 is 9.59 Å². The topological polar surface area (TPSA) is 90.9 Å². The number of hydrogen-bond donors (Lipinski definition) is 1. The van der Waals surface area contributed by atoms with Gasteiger partial charge in [-0.3, -0.25) is 9.59 Å². The highest BCUT2D eigenvalue weighted by Gasteiger charge is 2.14. The standard InChI is InChI=1S/C17H14N4O2/c18-17(23)13-6-8-14(9-7-13)21-16(15(11-22)19-20-21)10-12-4-2-1-3-5-12/h1-9,11H,10H2,(H2,18,23). The van der Waals surface area contributed by atoms with Gasteiger partial charge in [-0.05, 0) is 29.8 Å². The van der Waals surface area contributed by atoms with Gasteiger partial charge in [0.1, 0.15) is 5.69 Å². The lowest BCUT2D eigenvalue weighted by atomic mass is 10.1. The van der Waals surface area contributed by atoms with Gasteiger partial charge in [0.05, 0.1) is 11.4 Å². The summed E-state index contributed by atoms with van der Waals surface area (Å²) in [5.74, 6) is -0.492. The van der Waals surface area contributed by atoms with Crippen molar-refractivity contribution in [3.8, 4) is 5.69 Å². The van der Waals surface area contributed by atoms with Gasteiger partial charge in [0.2, 0.25) is 5.91 Å². The molecular formula is C17H14N4O2. The fourth-order valence-corrected chi connectivity index (χ4v) is 2.33. The fourth-order valence-electron chi connectivity index (χ4n) is 2.33. The molecule has 0 fully saturated rings. The van der Waals surface area contributed by atoms with Crippen molar-refractivity contribution in [2.24, 2.45) is 5.73 Å². The molecule has 0 saturated carbocycles. The van der Waals surface area contributed by atoms with Crippen LogP contribution in [0.5, 0.6) is 0 Å². The molecule has 23 heavy (non-hydrogen) atoms. The number of carbonyl (C=O) groups is 2. The smallest absolute Gasteiger partial charge is 0.248 e. The zero-order valence-electron chi connectivity index (χ0n) is 12.2. The maximum atomic E-state index is 11.2. The fraction of sp³-hybridized carbons (Fsp3) is 0.0588. The predicted molar refractivity (Wildman–Crippen MR) is 84.5 cm³/mol. The van der Waals surface area contributed by atoms with Crippen LogP contribution in [0.2, 0.25) is 0 Å². The molecule has 0 aliphatic rings. The summed E-state index contributed by atoms with van der Waals surface area (Å²) >= 11 is 0. The van der Waals surface area contributed by atoms with Gasteiger partial charge >= 0.3 is 0 Å². The molecule has 114 valence electrons. The average molecular weight is 306 g/mol. The number of aromatic nitrogens is 3. The first-order chi connectivity index (χ1) is 11.2. The first-order valence-corrected chi connectivity index (χ1v) is 7.03. The average Bonchev–Trinajstić information content (AvgIpc) is 2.98. The Balaban J connectivity index is 2.01. The third-order valence-corrected chi connectivity index (χ3v) is 3.52. The lowest BCUT2D eigenvalue weighted by Gasteiger charge is -2.07. The van der Waals surface area contributed by atoms with E-state index in [1.807, 2.05) is 30.3 Å². The minimum absolute atomic E-state index is 0.299. The Hall–Kier alpha value is -3.28. The molecule has 0 radical (unpaired) electrons. The highest BCUT2D eigenvalue weighted by molar-refractivity contribution is 5.92. The quantitative estimate of drug-likeness (QED) is 0.727. The summed E-state index contributed by atoms with van der Waals surface area (Å²) in [5, 5.41) is 7.97. The number of benzene rings is 2. The lowest BCUT2D eigenvalue weighted by Crippen LogP contribution is -2.11. The Kier molecular flexibility index (Phi) is 3.97. The van der Waals surface area contributed by atoms with Crippen LogP contribution in [0, 0.1) is 0 Å². The first-order valence-electron chi connectivity index (χ1n) is 7.03. The van der Waals surface area contributed by atoms with Crippen molar-refractivity contribution in [3.05, 3.63) is 77.1 Å². The van der Waals surface area contributed by atoms with E-state index in [-0.39, 0.29) is 0 Å². The van der Waals surface area contributed by atoms with Crippen molar-refractivity contribution in [2.75, 3.05) is 0 Å². The first kappa shape index (κ1) is 14.6. The van der Waals surface area contributed by atoms with Crippen molar-refractivity contribution in [3.63, 3.8) is 0 Å². The molecule has 3 rings (SSSR count). The molecule has 1 amide bonds. The minimum Gasteiger partial charge on any atom is -0.366 e. The molecule has 3 aromatic rings. The van der Waals surface area contributed by atoms with E-state index in [1.54, 1.807) is 28.9 Å². The zero-order valence-corrected chi connectivity index (χ0v) is 12.2. The molecule has 6 heteroatoms. The van der Waals surface area contributed by atoms with Crippen LogP contribution in [0.1, 0.15) is 32.1 Å². The number of hydrogen-bond acceptors (Lipinski definition) is 4. The summed E-state index contributed by atoms with van der Waals surface area (Å²) < 4.78 is 1.60. The second kappa shape index (κ2) is 6.23. The summed E-state index contributed by atoms with van der Waals surface area (Å²) in [5.41, 5.74) is 8.40. The molecular weight excluding hydrogens is 292 g/mol. The van der Waals surface area contributed by atoms with E-state index in [1.165, 1.54) is 0 Å². The highest BCUT2D eigenvalue weighted by Crippen LogP contribution is 2.17. The maximum absolute atomic E-state index is 11.2. The number of aldehydes is 1. The van der Waals surface area contributed by atoms with E-state index >= 15 is 0 Å². The van der Waals surface area contributed by atoms with E-state index in [9.17, 15) is 9.59 Å². The summed E-state index contributed by atoms with van der Waals surface area (Å²) in [4.78, 5) is 22.4. The largest absolute Gasteiger partial charge is 0.366 e.